The number of alkyl halides is 3. The Labute approximate surface area is 118 Å². The average Bonchev–Trinajstić information content (AvgIpc) is 2.45. The lowest BCUT2D eigenvalue weighted by Gasteiger charge is -2.11. The van der Waals surface area contributed by atoms with Gasteiger partial charge in [0.05, 0.1) is 11.6 Å². The van der Waals surface area contributed by atoms with E-state index >= 15 is 0 Å². The van der Waals surface area contributed by atoms with Gasteiger partial charge in [0.15, 0.2) is 0 Å². The third-order valence-corrected chi connectivity index (χ3v) is 2.63. The Morgan fingerprint density at radius 3 is 2.48 bits per heavy atom. The van der Waals surface area contributed by atoms with Crippen molar-refractivity contribution in [3.8, 4) is 22.9 Å². The summed E-state index contributed by atoms with van der Waals surface area (Å²) < 4.78 is 40.7. The van der Waals surface area contributed by atoms with E-state index in [2.05, 4.69) is 4.74 Å². The monoisotopic (exact) mass is 291 g/mol. The highest BCUT2D eigenvalue weighted by molar-refractivity contribution is 5.79. The number of carbonyl (C=O) groups is 1. The fourth-order valence-corrected chi connectivity index (χ4v) is 1.81. The van der Waals surface area contributed by atoms with E-state index < -0.39 is 12.1 Å². The van der Waals surface area contributed by atoms with Gasteiger partial charge in [0.2, 0.25) is 0 Å². The maximum atomic E-state index is 12.3. The van der Waals surface area contributed by atoms with E-state index in [1.54, 1.807) is 24.3 Å². The van der Waals surface area contributed by atoms with Crippen LogP contribution in [0.2, 0.25) is 0 Å². The number of ether oxygens (including phenoxy) is 1. The Morgan fingerprint density at radius 2 is 1.86 bits per heavy atom. The Bertz CT molecular complexity index is 718. The zero-order valence-corrected chi connectivity index (χ0v) is 10.5. The summed E-state index contributed by atoms with van der Waals surface area (Å²) in [7, 11) is 0. The summed E-state index contributed by atoms with van der Waals surface area (Å²) in [5.41, 5.74) is 1.29. The molecular formula is C15H8F3NO2. The number of hydrogen-bond acceptors (Lipinski definition) is 3. The van der Waals surface area contributed by atoms with E-state index in [-0.39, 0.29) is 5.56 Å². The molecule has 2 aromatic carbocycles. The molecule has 0 aliphatic rings. The van der Waals surface area contributed by atoms with Gasteiger partial charge in [0.1, 0.15) is 12.0 Å². The quantitative estimate of drug-likeness (QED) is 0.805. The summed E-state index contributed by atoms with van der Waals surface area (Å²) in [6.07, 6.45) is -4.21. The molecule has 0 spiro atoms. The van der Waals surface area contributed by atoms with E-state index in [1.807, 2.05) is 0 Å². The molecule has 0 aromatic heterocycles. The van der Waals surface area contributed by atoms with Crippen molar-refractivity contribution < 1.29 is 22.7 Å². The standard InChI is InChI=1S/C15H8F3NO2/c16-15(17,18)21-14-6-11(8-19)5-13(7-14)12-3-1-2-10(4-12)9-20/h1-7,9H. The molecule has 0 heterocycles. The lowest BCUT2D eigenvalue weighted by molar-refractivity contribution is -0.274. The third kappa shape index (κ3) is 3.83. The largest absolute Gasteiger partial charge is 0.573 e. The van der Waals surface area contributed by atoms with Crippen LogP contribution in [0.25, 0.3) is 11.1 Å². The molecule has 106 valence electrons. The molecular weight excluding hydrogens is 283 g/mol. The molecule has 0 atom stereocenters. The second-order valence-corrected chi connectivity index (χ2v) is 4.15. The minimum atomic E-state index is -4.84. The van der Waals surface area contributed by atoms with E-state index in [0.717, 1.165) is 12.1 Å². The highest BCUT2D eigenvalue weighted by Crippen LogP contribution is 2.30. The van der Waals surface area contributed by atoms with Crippen molar-refractivity contribution in [2.45, 2.75) is 6.36 Å². The van der Waals surface area contributed by atoms with Gasteiger partial charge in [-0.2, -0.15) is 5.26 Å². The first kappa shape index (κ1) is 14.6. The number of rotatable bonds is 3. The number of halogens is 3. The van der Waals surface area contributed by atoms with Crippen LogP contribution in [0.1, 0.15) is 15.9 Å². The summed E-state index contributed by atoms with van der Waals surface area (Å²) in [6.45, 7) is 0. The molecule has 21 heavy (non-hydrogen) atoms. The molecule has 0 amide bonds. The average molecular weight is 291 g/mol. The summed E-state index contributed by atoms with van der Waals surface area (Å²) in [5.74, 6) is -0.479. The van der Waals surface area contributed by atoms with E-state index in [4.69, 9.17) is 5.26 Å². The van der Waals surface area contributed by atoms with Gasteiger partial charge >= 0.3 is 6.36 Å². The first-order valence-corrected chi connectivity index (χ1v) is 5.78. The summed E-state index contributed by atoms with van der Waals surface area (Å²) in [4.78, 5) is 10.7. The van der Waals surface area contributed by atoms with E-state index in [1.165, 1.54) is 12.1 Å². The molecule has 2 rings (SSSR count). The summed E-state index contributed by atoms with van der Waals surface area (Å²) in [5, 5.41) is 8.89. The maximum absolute atomic E-state index is 12.3. The summed E-state index contributed by atoms with van der Waals surface area (Å²) >= 11 is 0. The fourth-order valence-electron chi connectivity index (χ4n) is 1.81. The predicted molar refractivity (Wildman–Crippen MR) is 68.7 cm³/mol. The van der Waals surface area contributed by atoms with Gasteiger partial charge in [-0.15, -0.1) is 13.2 Å². The lowest BCUT2D eigenvalue weighted by atomic mass is 10.0. The van der Waals surface area contributed by atoms with Crippen LogP contribution in [0, 0.1) is 11.3 Å². The molecule has 0 bridgehead atoms. The van der Waals surface area contributed by atoms with Crippen molar-refractivity contribution in [1.82, 2.24) is 0 Å². The second-order valence-electron chi connectivity index (χ2n) is 4.15. The Morgan fingerprint density at radius 1 is 1.10 bits per heavy atom. The van der Waals surface area contributed by atoms with Gasteiger partial charge in [-0.1, -0.05) is 18.2 Å². The van der Waals surface area contributed by atoms with Crippen LogP contribution in [0.15, 0.2) is 42.5 Å². The number of nitriles is 1. The Hall–Kier alpha value is -2.81. The fraction of sp³-hybridized carbons (Fsp3) is 0.0667. The van der Waals surface area contributed by atoms with E-state index in [0.29, 0.717) is 23.0 Å². The third-order valence-electron chi connectivity index (χ3n) is 2.63. The molecule has 3 nitrogen and oxygen atoms in total. The number of nitrogens with zero attached hydrogens (tertiary/aromatic N) is 1. The number of hydrogen-bond donors (Lipinski definition) is 0. The van der Waals surface area contributed by atoms with Gasteiger partial charge < -0.3 is 4.74 Å². The smallest absolute Gasteiger partial charge is 0.406 e. The molecule has 0 unspecified atom stereocenters. The molecule has 2 aromatic rings. The van der Waals surface area contributed by atoms with Crippen LogP contribution in [0.3, 0.4) is 0 Å². The van der Waals surface area contributed by atoms with Gasteiger partial charge in [0, 0.05) is 5.56 Å². The number of aldehydes is 1. The second kappa shape index (κ2) is 5.67. The molecule has 0 fully saturated rings. The predicted octanol–water partition coefficient (Wildman–Crippen LogP) is 3.94. The molecule has 0 saturated carbocycles. The molecule has 0 aliphatic heterocycles. The normalized spacial score (nSPS) is 10.8. The van der Waals surface area contributed by atoms with Gasteiger partial charge in [0.25, 0.3) is 0 Å². The highest BCUT2D eigenvalue weighted by atomic mass is 19.4. The maximum Gasteiger partial charge on any atom is 0.573 e. The van der Waals surface area contributed by atoms with Gasteiger partial charge in [-0.05, 0) is 35.4 Å². The van der Waals surface area contributed by atoms with Gasteiger partial charge in [-0.25, -0.2) is 0 Å². The molecule has 0 radical (unpaired) electrons. The molecule has 0 aliphatic carbocycles. The van der Waals surface area contributed by atoms with Crippen LogP contribution in [-0.2, 0) is 0 Å². The van der Waals surface area contributed by atoms with Crippen LogP contribution in [0.4, 0.5) is 13.2 Å². The van der Waals surface area contributed by atoms with Crippen molar-refractivity contribution in [3.05, 3.63) is 53.6 Å². The first-order chi connectivity index (χ1) is 9.91. The van der Waals surface area contributed by atoms with Crippen molar-refractivity contribution in [3.63, 3.8) is 0 Å². The number of carbonyl (C=O) groups excluding carboxylic acids is 1. The van der Waals surface area contributed by atoms with Crippen LogP contribution in [-0.4, -0.2) is 12.6 Å². The topological polar surface area (TPSA) is 50.1 Å². The Balaban J connectivity index is 2.50. The minimum absolute atomic E-state index is 0.0308. The van der Waals surface area contributed by atoms with Crippen molar-refractivity contribution in [2.75, 3.05) is 0 Å². The lowest BCUT2D eigenvalue weighted by Crippen LogP contribution is -2.17. The van der Waals surface area contributed by atoms with Crippen LogP contribution >= 0.6 is 0 Å². The summed E-state index contributed by atoms with van der Waals surface area (Å²) in [6, 6.07) is 11.7. The zero-order valence-electron chi connectivity index (χ0n) is 10.5. The first-order valence-electron chi connectivity index (χ1n) is 5.78. The van der Waals surface area contributed by atoms with Crippen molar-refractivity contribution >= 4 is 6.29 Å². The highest BCUT2D eigenvalue weighted by Gasteiger charge is 2.31. The molecule has 0 saturated heterocycles. The molecule has 0 N–H and O–H groups in total. The van der Waals surface area contributed by atoms with E-state index in [9.17, 15) is 18.0 Å². The minimum Gasteiger partial charge on any atom is -0.406 e. The van der Waals surface area contributed by atoms with Crippen molar-refractivity contribution in [1.29, 1.82) is 5.26 Å². The zero-order chi connectivity index (χ0) is 15.5. The number of benzene rings is 2. The van der Waals surface area contributed by atoms with Crippen molar-refractivity contribution in [2.24, 2.45) is 0 Å². The molecule has 6 heteroatoms. The Kier molecular flexibility index (Phi) is 3.94. The van der Waals surface area contributed by atoms with Crippen LogP contribution < -0.4 is 4.74 Å². The SMILES string of the molecule is N#Cc1cc(OC(F)(F)F)cc(-c2cccc(C=O)c2)c1. The van der Waals surface area contributed by atoms with Crippen LogP contribution in [0.5, 0.6) is 5.75 Å². The van der Waals surface area contributed by atoms with Gasteiger partial charge in [-0.3, -0.25) is 4.79 Å².